The topological polar surface area (TPSA) is 119 Å². The fourth-order valence-electron chi connectivity index (χ4n) is 4.35. The maximum absolute atomic E-state index is 13.9. The smallest absolute Gasteiger partial charge is 0.410 e. The fraction of sp³-hybridized carbons (Fsp3) is 0.346. The van der Waals surface area contributed by atoms with Crippen molar-refractivity contribution in [1.82, 2.24) is 34.8 Å². The highest BCUT2D eigenvalue weighted by Gasteiger charge is 2.35. The van der Waals surface area contributed by atoms with Gasteiger partial charge >= 0.3 is 6.09 Å². The molecule has 1 fully saturated rings. The van der Waals surface area contributed by atoms with E-state index in [0.29, 0.717) is 47.1 Å². The molecule has 4 aromatic rings. The van der Waals surface area contributed by atoms with Crippen molar-refractivity contribution in [2.75, 3.05) is 18.0 Å². The Morgan fingerprint density at radius 2 is 1.87 bits per heavy atom. The SMILES string of the molecule is CC(C)(C)OC(=O)N1CCC[C@@H](N(C(=O)c2ccc(-n3nnc4cccnc43)cn2)c2ncccc2Cl)C1. The van der Waals surface area contributed by atoms with Gasteiger partial charge in [0.25, 0.3) is 5.91 Å². The van der Waals surface area contributed by atoms with E-state index in [1.54, 1.807) is 58.5 Å². The summed E-state index contributed by atoms with van der Waals surface area (Å²) in [5.74, 6) is -0.0673. The Bertz CT molecular complexity index is 1470. The number of anilines is 1. The van der Waals surface area contributed by atoms with Gasteiger partial charge in [0.05, 0.1) is 22.9 Å². The first-order valence-corrected chi connectivity index (χ1v) is 12.6. The summed E-state index contributed by atoms with van der Waals surface area (Å²) < 4.78 is 7.13. The molecule has 0 saturated carbocycles. The Labute approximate surface area is 224 Å². The van der Waals surface area contributed by atoms with Crippen molar-refractivity contribution in [3.63, 3.8) is 0 Å². The fourth-order valence-corrected chi connectivity index (χ4v) is 4.56. The molecule has 4 aromatic heterocycles. The number of fused-ring (bicyclic) bond motifs is 1. The first kappa shape index (κ1) is 25.5. The van der Waals surface area contributed by atoms with Crippen LogP contribution in [0.3, 0.4) is 0 Å². The first-order valence-electron chi connectivity index (χ1n) is 12.3. The largest absolute Gasteiger partial charge is 0.444 e. The Morgan fingerprint density at radius 3 is 2.61 bits per heavy atom. The van der Waals surface area contributed by atoms with Crippen LogP contribution in [-0.2, 0) is 4.74 Å². The number of hydrogen-bond donors (Lipinski definition) is 0. The molecule has 0 unspecified atom stereocenters. The van der Waals surface area contributed by atoms with Crippen molar-refractivity contribution in [1.29, 1.82) is 0 Å². The number of piperidine rings is 1. The number of pyridine rings is 3. The van der Waals surface area contributed by atoms with Crippen LogP contribution in [0.2, 0.25) is 5.02 Å². The average molecular weight is 535 g/mol. The summed E-state index contributed by atoms with van der Waals surface area (Å²) in [4.78, 5) is 43.0. The number of likely N-dealkylation sites (tertiary alicyclic amines) is 1. The summed E-state index contributed by atoms with van der Waals surface area (Å²) in [5.41, 5.74) is 1.41. The van der Waals surface area contributed by atoms with Gasteiger partial charge in [0.15, 0.2) is 11.5 Å². The van der Waals surface area contributed by atoms with Crippen LogP contribution < -0.4 is 4.90 Å². The highest BCUT2D eigenvalue weighted by molar-refractivity contribution is 6.33. The molecule has 0 spiro atoms. The van der Waals surface area contributed by atoms with E-state index in [1.165, 1.54) is 4.90 Å². The lowest BCUT2D eigenvalue weighted by Crippen LogP contribution is -2.53. The van der Waals surface area contributed by atoms with Crippen molar-refractivity contribution < 1.29 is 14.3 Å². The highest BCUT2D eigenvalue weighted by Crippen LogP contribution is 2.30. The van der Waals surface area contributed by atoms with Crippen molar-refractivity contribution in [3.05, 3.63) is 65.7 Å². The van der Waals surface area contributed by atoms with Crippen LogP contribution in [0.4, 0.5) is 10.6 Å². The Hall–Kier alpha value is -4.12. The Morgan fingerprint density at radius 1 is 1.08 bits per heavy atom. The number of hydrogen-bond acceptors (Lipinski definition) is 8. The molecule has 12 heteroatoms. The van der Waals surface area contributed by atoms with Gasteiger partial charge in [-0.2, -0.15) is 4.68 Å². The van der Waals surface area contributed by atoms with Gasteiger partial charge in [0.1, 0.15) is 16.8 Å². The van der Waals surface area contributed by atoms with E-state index in [9.17, 15) is 9.59 Å². The number of aromatic nitrogens is 6. The molecule has 0 N–H and O–H groups in total. The van der Waals surface area contributed by atoms with E-state index in [2.05, 4.69) is 25.3 Å². The maximum atomic E-state index is 13.9. The summed E-state index contributed by atoms with van der Waals surface area (Å²) >= 11 is 6.50. The van der Waals surface area contributed by atoms with E-state index >= 15 is 0 Å². The number of amides is 2. The van der Waals surface area contributed by atoms with Crippen LogP contribution in [-0.4, -0.2) is 71.6 Å². The zero-order valence-electron chi connectivity index (χ0n) is 21.3. The molecule has 1 aliphatic rings. The van der Waals surface area contributed by atoms with E-state index in [4.69, 9.17) is 16.3 Å². The lowest BCUT2D eigenvalue weighted by Gasteiger charge is -2.39. The predicted molar refractivity (Wildman–Crippen MR) is 141 cm³/mol. The zero-order valence-corrected chi connectivity index (χ0v) is 22.0. The molecule has 5 rings (SSSR count). The molecule has 11 nitrogen and oxygen atoms in total. The van der Waals surface area contributed by atoms with Gasteiger partial charge in [0.2, 0.25) is 0 Å². The minimum absolute atomic E-state index is 0.197. The number of carbonyl (C=O) groups excluding carboxylic acids is 2. The van der Waals surface area contributed by atoms with Crippen LogP contribution >= 0.6 is 11.6 Å². The predicted octanol–water partition coefficient (Wildman–Crippen LogP) is 4.31. The third-order valence-corrected chi connectivity index (χ3v) is 6.31. The van der Waals surface area contributed by atoms with Gasteiger partial charge < -0.3 is 9.64 Å². The second-order valence-corrected chi connectivity index (χ2v) is 10.4. The molecule has 196 valence electrons. The van der Waals surface area contributed by atoms with Gasteiger partial charge in [-0.05, 0) is 70.0 Å². The maximum Gasteiger partial charge on any atom is 0.410 e. The molecule has 0 bridgehead atoms. The number of carbonyl (C=O) groups is 2. The molecule has 0 radical (unpaired) electrons. The van der Waals surface area contributed by atoms with E-state index < -0.39 is 11.7 Å². The van der Waals surface area contributed by atoms with Crippen molar-refractivity contribution in [3.8, 4) is 5.69 Å². The molecule has 0 aromatic carbocycles. The van der Waals surface area contributed by atoms with Crippen LogP contribution in [0, 0.1) is 0 Å². The van der Waals surface area contributed by atoms with E-state index in [0.717, 1.165) is 0 Å². The first-order chi connectivity index (χ1) is 18.2. The van der Waals surface area contributed by atoms with Gasteiger partial charge in [-0.25, -0.2) is 19.7 Å². The normalized spacial score (nSPS) is 15.9. The molecular formula is C26H27ClN8O3. The highest BCUT2D eigenvalue weighted by atomic mass is 35.5. The lowest BCUT2D eigenvalue weighted by atomic mass is 10.0. The molecule has 1 saturated heterocycles. The van der Waals surface area contributed by atoms with E-state index in [1.807, 2.05) is 26.8 Å². The van der Waals surface area contributed by atoms with Gasteiger partial charge in [-0.1, -0.05) is 16.8 Å². The molecule has 2 amide bonds. The third kappa shape index (κ3) is 5.28. The summed E-state index contributed by atoms with van der Waals surface area (Å²) in [7, 11) is 0. The van der Waals surface area contributed by atoms with Crippen LogP contribution in [0.15, 0.2) is 55.0 Å². The molecule has 5 heterocycles. The molecule has 0 aliphatic carbocycles. The zero-order chi connectivity index (χ0) is 26.9. The lowest BCUT2D eigenvalue weighted by molar-refractivity contribution is 0.0196. The summed E-state index contributed by atoms with van der Waals surface area (Å²) in [6.45, 7) is 6.29. The van der Waals surface area contributed by atoms with Gasteiger partial charge in [-0.15, -0.1) is 5.10 Å². The Kier molecular flexibility index (Phi) is 6.94. The van der Waals surface area contributed by atoms with Crippen LogP contribution in [0.25, 0.3) is 16.9 Å². The molecule has 38 heavy (non-hydrogen) atoms. The van der Waals surface area contributed by atoms with Gasteiger partial charge in [0, 0.05) is 25.5 Å². The van der Waals surface area contributed by atoms with Crippen molar-refractivity contribution in [2.45, 2.75) is 45.3 Å². The van der Waals surface area contributed by atoms with Gasteiger partial charge in [-0.3, -0.25) is 9.69 Å². The summed E-state index contributed by atoms with van der Waals surface area (Å²) in [6.07, 6.45) is 5.71. The number of rotatable bonds is 4. The van der Waals surface area contributed by atoms with E-state index in [-0.39, 0.29) is 24.2 Å². The van der Waals surface area contributed by atoms with Crippen LogP contribution in [0.1, 0.15) is 44.1 Å². The molecule has 1 atom stereocenters. The standard InChI is InChI=1S/C26H27ClN8O3/c1-26(2,3)38-25(37)33-14-6-7-18(16-33)34(22-19(27)8-4-12-28-22)24(36)21-11-10-17(15-30-21)35-23-20(31-32-35)9-5-13-29-23/h4-5,8-13,15,18H,6-7,14,16H2,1-3H3/t18-/m1/s1. The average Bonchev–Trinajstić information content (AvgIpc) is 3.33. The molecular weight excluding hydrogens is 508 g/mol. The van der Waals surface area contributed by atoms with Crippen LogP contribution in [0.5, 0.6) is 0 Å². The number of halogens is 1. The minimum atomic E-state index is -0.625. The minimum Gasteiger partial charge on any atom is -0.444 e. The second kappa shape index (κ2) is 10.3. The van der Waals surface area contributed by atoms with Crippen molar-refractivity contribution >= 4 is 40.6 Å². The number of nitrogens with zero attached hydrogens (tertiary/aromatic N) is 8. The summed E-state index contributed by atoms with van der Waals surface area (Å²) in [6, 6.07) is 9.96. The quantitative estimate of drug-likeness (QED) is 0.380. The molecule has 1 aliphatic heterocycles. The Balaban J connectivity index is 1.44. The summed E-state index contributed by atoms with van der Waals surface area (Å²) in [5, 5.41) is 8.59. The number of ether oxygens (including phenoxy) is 1. The second-order valence-electron chi connectivity index (χ2n) is 9.96. The van der Waals surface area contributed by atoms with Crippen molar-refractivity contribution in [2.24, 2.45) is 0 Å². The monoisotopic (exact) mass is 534 g/mol. The third-order valence-electron chi connectivity index (χ3n) is 6.02.